The predicted molar refractivity (Wildman–Crippen MR) is 193 cm³/mol. The lowest BCUT2D eigenvalue weighted by atomic mass is 9.81. The molecule has 8 rings (SSSR count). The zero-order valence-corrected chi connectivity index (χ0v) is 26.3. The molecule has 0 radical (unpaired) electrons. The molecule has 1 aliphatic rings. The van der Waals surface area contributed by atoms with Crippen LogP contribution in [0.1, 0.15) is 25.0 Å². The molecular weight excluding hydrogens is 571 g/mol. The smallest absolute Gasteiger partial charge is 0.195 e. The second-order valence-electron chi connectivity index (χ2n) is 12.5. The molecule has 47 heavy (non-hydrogen) atoms. The first-order chi connectivity index (χ1) is 23.0. The number of hydrogen-bond acceptors (Lipinski definition) is 2. The Bertz CT molecular complexity index is 2260. The zero-order chi connectivity index (χ0) is 32.0. The molecule has 0 amide bonds. The predicted octanol–water partition coefficient (Wildman–Crippen LogP) is 11.7. The van der Waals surface area contributed by atoms with E-state index >= 15 is 0 Å². The van der Waals surface area contributed by atoms with Crippen LogP contribution < -0.4 is 0 Å². The Labute approximate surface area is 275 Å². The highest BCUT2D eigenvalue weighted by Gasteiger charge is 2.36. The Morgan fingerprint density at radius 1 is 0.468 bits per heavy atom. The summed E-state index contributed by atoms with van der Waals surface area (Å²) in [5.74, 6) is 0.711. The average Bonchev–Trinajstić information content (AvgIpc) is 3.38. The minimum atomic E-state index is -0.163. The molecule has 7 aromatic rings. The van der Waals surface area contributed by atoms with Gasteiger partial charge in [0.2, 0.25) is 0 Å². The molecule has 0 aliphatic heterocycles. The van der Waals surface area contributed by atoms with Gasteiger partial charge in [0.15, 0.2) is 11.5 Å². The van der Waals surface area contributed by atoms with Gasteiger partial charge >= 0.3 is 0 Å². The first-order valence-corrected chi connectivity index (χ1v) is 15.9. The molecule has 1 aliphatic carbocycles. The fourth-order valence-corrected chi connectivity index (χ4v) is 6.82. The normalized spacial score (nSPS) is 12.6. The largest absolute Gasteiger partial charge is 0.238 e. The van der Waals surface area contributed by atoms with E-state index in [0.29, 0.717) is 5.82 Å². The summed E-state index contributed by atoms with van der Waals surface area (Å²) in [5.41, 5.74) is 14.8. The van der Waals surface area contributed by atoms with Crippen LogP contribution >= 0.6 is 0 Å². The van der Waals surface area contributed by atoms with Gasteiger partial charge in [-0.05, 0) is 62.7 Å². The van der Waals surface area contributed by atoms with Crippen LogP contribution in [-0.2, 0) is 5.41 Å². The third kappa shape index (κ3) is 5.01. The summed E-state index contributed by atoms with van der Waals surface area (Å²) in [6.45, 7) is 12.2. The fourth-order valence-electron chi connectivity index (χ4n) is 6.82. The number of benzene rings is 6. The van der Waals surface area contributed by atoms with Gasteiger partial charge in [0, 0.05) is 22.1 Å². The van der Waals surface area contributed by atoms with E-state index in [1.54, 1.807) is 0 Å². The van der Waals surface area contributed by atoms with Crippen molar-refractivity contribution in [2.24, 2.45) is 0 Å². The van der Waals surface area contributed by atoms with E-state index in [1.807, 2.05) is 48.5 Å². The first kappa shape index (κ1) is 28.4. The van der Waals surface area contributed by atoms with Crippen molar-refractivity contribution < 1.29 is 0 Å². The summed E-state index contributed by atoms with van der Waals surface area (Å²) >= 11 is 0. The van der Waals surface area contributed by atoms with Crippen LogP contribution in [0.4, 0.5) is 5.69 Å². The molecule has 6 aromatic carbocycles. The number of aromatic nitrogens is 2. The van der Waals surface area contributed by atoms with Gasteiger partial charge in [-0.2, -0.15) is 0 Å². The minimum Gasteiger partial charge on any atom is -0.238 e. The van der Waals surface area contributed by atoms with E-state index in [4.69, 9.17) is 16.5 Å². The SMILES string of the molecule is [C-]#[N+]c1cccc2c1-c1ccc(-c3ccc(-c4cccc(-c5cc(-c6ccccc6)nc(-c6ccccc6)n5)c4)cc3)cc1C2(C)C. The monoisotopic (exact) mass is 601 g/mol. The van der Waals surface area contributed by atoms with Crippen LogP contribution in [0.25, 0.3) is 72.1 Å². The second kappa shape index (κ2) is 11.4. The zero-order valence-electron chi connectivity index (χ0n) is 26.3. The molecule has 3 heteroatoms. The average molecular weight is 602 g/mol. The Balaban J connectivity index is 1.14. The van der Waals surface area contributed by atoms with E-state index in [0.717, 1.165) is 50.5 Å². The van der Waals surface area contributed by atoms with E-state index in [-0.39, 0.29) is 5.41 Å². The number of hydrogen-bond donors (Lipinski definition) is 0. The molecule has 1 heterocycles. The molecule has 0 saturated heterocycles. The van der Waals surface area contributed by atoms with E-state index in [1.165, 1.54) is 27.8 Å². The lowest BCUT2D eigenvalue weighted by Crippen LogP contribution is -2.14. The molecule has 0 unspecified atom stereocenters. The van der Waals surface area contributed by atoms with Crippen molar-refractivity contribution in [1.82, 2.24) is 9.97 Å². The van der Waals surface area contributed by atoms with Gasteiger partial charge in [0.25, 0.3) is 0 Å². The molecule has 0 fully saturated rings. The molecule has 1 aromatic heterocycles. The molecule has 0 atom stereocenters. The van der Waals surface area contributed by atoms with Crippen molar-refractivity contribution >= 4 is 5.69 Å². The highest BCUT2D eigenvalue weighted by Crippen LogP contribution is 2.53. The van der Waals surface area contributed by atoms with Crippen LogP contribution in [0.15, 0.2) is 152 Å². The Hall–Kier alpha value is -6.11. The molecule has 0 bridgehead atoms. The van der Waals surface area contributed by atoms with Crippen LogP contribution in [-0.4, -0.2) is 9.97 Å². The lowest BCUT2D eigenvalue weighted by Gasteiger charge is -2.22. The molecule has 0 saturated carbocycles. The second-order valence-corrected chi connectivity index (χ2v) is 12.5. The van der Waals surface area contributed by atoms with Crippen molar-refractivity contribution in [2.45, 2.75) is 19.3 Å². The maximum Gasteiger partial charge on any atom is 0.195 e. The molecule has 222 valence electrons. The van der Waals surface area contributed by atoms with E-state index in [9.17, 15) is 0 Å². The van der Waals surface area contributed by atoms with Crippen molar-refractivity contribution in [2.75, 3.05) is 0 Å². The topological polar surface area (TPSA) is 30.1 Å². The van der Waals surface area contributed by atoms with Crippen LogP contribution in [0.2, 0.25) is 0 Å². The van der Waals surface area contributed by atoms with Gasteiger partial charge in [-0.15, -0.1) is 0 Å². The van der Waals surface area contributed by atoms with Gasteiger partial charge in [-0.1, -0.05) is 147 Å². The van der Waals surface area contributed by atoms with Gasteiger partial charge < -0.3 is 0 Å². The summed E-state index contributed by atoms with van der Waals surface area (Å²) in [6, 6.07) is 52.7. The Morgan fingerprint density at radius 2 is 1.02 bits per heavy atom. The van der Waals surface area contributed by atoms with Crippen molar-refractivity contribution in [3.63, 3.8) is 0 Å². The van der Waals surface area contributed by atoms with E-state index in [2.05, 4.69) is 122 Å². The highest BCUT2D eigenvalue weighted by atomic mass is 14.9. The van der Waals surface area contributed by atoms with Crippen molar-refractivity contribution in [1.29, 1.82) is 0 Å². The third-order valence-corrected chi connectivity index (χ3v) is 9.34. The van der Waals surface area contributed by atoms with Crippen LogP contribution in [0, 0.1) is 6.57 Å². The number of fused-ring (bicyclic) bond motifs is 3. The maximum atomic E-state index is 7.72. The van der Waals surface area contributed by atoms with Gasteiger partial charge in [-0.25, -0.2) is 14.8 Å². The summed E-state index contributed by atoms with van der Waals surface area (Å²) < 4.78 is 0. The summed E-state index contributed by atoms with van der Waals surface area (Å²) in [4.78, 5) is 13.8. The number of rotatable bonds is 5. The maximum absolute atomic E-state index is 7.72. The fraction of sp³-hybridized carbons (Fsp3) is 0.0682. The highest BCUT2D eigenvalue weighted by molar-refractivity contribution is 5.91. The molecule has 3 nitrogen and oxygen atoms in total. The first-order valence-electron chi connectivity index (χ1n) is 15.9. The van der Waals surface area contributed by atoms with Crippen molar-refractivity contribution in [3.8, 4) is 67.3 Å². The summed E-state index contributed by atoms with van der Waals surface area (Å²) in [6.07, 6.45) is 0. The number of nitrogens with zero attached hydrogens (tertiary/aromatic N) is 3. The third-order valence-electron chi connectivity index (χ3n) is 9.34. The van der Waals surface area contributed by atoms with Crippen LogP contribution in [0.5, 0.6) is 0 Å². The Kier molecular flexibility index (Phi) is 6.85. The molecule has 0 N–H and O–H groups in total. The summed E-state index contributed by atoms with van der Waals surface area (Å²) in [7, 11) is 0. The molecule has 0 spiro atoms. The van der Waals surface area contributed by atoms with Gasteiger partial charge in [0.05, 0.1) is 18.0 Å². The van der Waals surface area contributed by atoms with Crippen molar-refractivity contribution in [3.05, 3.63) is 174 Å². The Morgan fingerprint density at radius 3 is 1.70 bits per heavy atom. The standard InChI is InChI=1S/C44H31N3/c1-44(2)37-18-11-19-39(45-3)42(37)36-25-24-34(27-38(36)44)30-22-20-29(21-23-30)33-16-10-17-35(26-33)41-28-40(31-12-6-4-7-13-31)46-43(47-41)32-14-8-5-9-15-32/h4-28H,1-2H3. The van der Waals surface area contributed by atoms with E-state index < -0.39 is 0 Å². The quantitative estimate of drug-likeness (QED) is 0.184. The summed E-state index contributed by atoms with van der Waals surface area (Å²) in [5, 5.41) is 0. The molecular formula is C44H31N3. The lowest BCUT2D eigenvalue weighted by molar-refractivity contribution is 0.661. The minimum absolute atomic E-state index is 0.163. The van der Waals surface area contributed by atoms with Crippen LogP contribution in [0.3, 0.4) is 0 Å². The van der Waals surface area contributed by atoms with Gasteiger partial charge in [-0.3, -0.25) is 0 Å². The van der Waals surface area contributed by atoms with Gasteiger partial charge in [0.1, 0.15) is 0 Å².